The highest BCUT2D eigenvalue weighted by atomic mass is 15.3. The van der Waals surface area contributed by atoms with Crippen molar-refractivity contribution in [3.05, 3.63) is 0 Å². The molecular formula is C17H33N3. The van der Waals surface area contributed by atoms with Gasteiger partial charge in [-0.3, -0.25) is 9.80 Å². The van der Waals surface area contributed by atoms with Gasteiger partial charge < -0.3 is 5.73 Å². The molecule has 0 aromatic carbocycles. The van der Waals surface area contributed by atoms with Crippen molar-refractivity contribution in [3.8, 4) is 0 Å². The van der Waals surface area contributed by atoms with Crippen molar-refractivity contribution >= 4 is 0 Å². The largest absolute Gasteiger partial charge is 0.329 e. The Kier molecular flexibility index (Phi) is 4.13. The van der Waals surface area contributed by atoms with Gasteiger partial charge in [-0.1, -0.05) is 13.8 Å². The second kappa shape index (κ2) is 5.58. The van der Waals surface area contributed by atoms with Crippen molar-refractivity contribution in [2.24, 2.45) is 17.6 Å². The number of nitrogens with two attached hydrogens (primary N) is 1. The van der Waals surface area contributed by atoms with Gasteiger partial charge in [0, 0.05) is 37.3 Å². The summed E-state index contributed by atoms with van der Waals surface area (Å²) < 4.78 is 0. The number of hydrogen-bond donors (Lipinski definition) is 1. The second-order valence-electron chi connectivity index (χ2n) is 7.87. The smallest absolute Gasteiger partial charge is 0.0358 e. The average Bonchev–Trinajstić information content (AvgIpc) is 2.65. The topological polar surface area (TPSA) is 32.5 Å². The lowest BCUT2D eigenvalue weighted by Crippen LogP contribution is -2.61. The van der Waals surface area contributed by atoms with E-state index in [1.807, 2.05) is 0 Å². The lowest BCUT2D eigenvalue weighted by Gasteiger charge is -2.52. The molecule has 2 N–H and O–H groups in total. The number of likely N-dealkylation sites (N-methyl/N-ethyl adjacent to an activating group) is 1. The van der Waals surface area contributed by atoms with Gasteiger partial charge in [0.1, 0.15) is 0 Å². The first-order valence-electron chi connectivity index (χ1n) is 8.74. The van der Waals surface area contributed by atoms with Crippen molar-refractivity contribution in [1.29, 1.82) is 0 Å². The van der Waals surface area contributed by atoms with Gasteiger partial charge in [-0.05, 0) is 57.4 Å². The molecule has 3 heteroatoms. The summed E-state index contributed by atoms with van der Waals surface area (Å²) in [7, 11) is 2.34. The van der Waals surface area contributed by atoms with E-state index < -0.39 is 0 Å². The van der Waals surface area contributed by atoms with Crippen LogP contribution in [0.2, 0.25) is 0 Å². The highest BCUT2D eigenvalue weighted by molar-refractivity contribution is 5.03. The molecule has 20 heavy (non-hydrogen) atoms. The zero-order valence-electron chi connectivity index (χ0n) is 13.6. The minimum Gasteiger partial charge on any atom is -0.329 e. The maximum absolute atomic E-state index is 6.33. The van der Waals surface area contributed by atoms with Crippen molar-refractivity contribution in [3.63, 3.8) is 0 Å². The van der Waals surface area contributed by atoms with Crippen LogP contribution in [0.15, 0.2) is 0 Å². The maximum Gasteiger partial charge on any atom is 0.0358 e. The number of nitrogens with zero attached hydrogens (tertiary/aromatic N) is 2. The summed E-state index contributed by atoms with van der Waals surface area (Å²) in [5.41, 5.74) is 6.62. The minimum atomic E-state index is 0.290. The van der Waals surface area contributed by atoms with E-state index in [-0.39, 0.29) is 5.54 Å². The van der Waals surface area contributed by atoms with Gasteiger partial charge in [-0.2, -0.15) is 0 Å². The molecule has 2 aliphatic heterocycles. The van der Waals surface area contributed by atoms with E-state index in [0.717, 1.165) is 30.5 Å². The van der Waals surface area contributed by atoms with Crippen molar-refractivity contribution in [2.75, 3.05) is 26.7 Å². The highest BCUT2D eigenvalue weighted by Gasteiger charge is 2.46. The van der Waals surface area contributed by atoms with Gasteiger partial charge in [0.2, 0.25) is 0 Å². The fourth-order valence-electron chi connectivity index (χ4n) is 5.30. The van der Waals surface area contributed by atoms with Crippen molar-refractivity contribution in [2.45, 2.75) is 70.0 Å². The summed E-state index contributed by atoms with van der Waals surface area (Å²) in [4.78, 5) is 5.46. The maximum atomic E-state index is 6.33. The fraction of sp³-hybridized carbons (Fsp3) is 1.00. The Hall–Kier alpha value is -0.120. The van der Waals surface area contributed by atoms with E-state index >= 15 is 0 Å². The third-order valence-electron chi connectivity index (χ3n) is 6.87. The molecule has 1 saturated carbocycles. The molecule has 0 radical (unpaired) electrons. The Morgan fingerprint density at radius 1 is 1.10 bits per heavy atom. The average molecular weight is 279 g/mol. The first-order chi connectivity index (χ1) is 9.56. The zero-order chi connectivity index (χ0) is 14.3. The molecule has 2 saturated heterocycles. The molecule has 0 aromatic heterocycles. The number of fused-ring (bicyclic) bond motifs is 2. The summed E-state index contributed by atoms with van der Waals surface area (Å²) >= 11 is 0. The normalized spacial score (nSPS) is 47.4. The van der Waals surface area contributed by atoms with E-state index in [4.69, 9.17) is 5.73 Å². The van der Waals surface area contributed by atoms with E-state index in [0.29, 0.717) is 0 Å². The molecule has 0 aromatic rings. The van der Waals surface area contributed by atoms with Gasteiger partial charge in [0.15, 0.2) is 0 Å². The molecule has 5 atom stereocenters. The van der Waals surface area contributed by atoms with Gasteiger partial charge in [-0.25, -0.2) is 0 Å². The van der Waals surface area contributed by atoms with Crippen LogP contribution >= 0.6 is 0 Å². The number of hydrogen-bond acceptors (Lipinski definition) is 3. The van der Waals surface area contributed by atoms with Crippen LogP contribution in [0, 0.1) is 11.8 Å². The van der Waals surface area contributed by atoms with Gasteiger partial charge >= 0.3 is 0 Å². The molecule has 3 nitrogen and oxygen atoms in total. The second-order valence-corrected chi connectivity index (χ2v) is 7.87. The van der Waals surface area contributed by atoms with Crippen LogP contribution in [0.25, 0.3) is 0 Å². The highest BCUT2D eigenvalue weighted by Crippen LogP contribution is 2.42. The molecule has 2 heterocycles. The van der Waals surface area contributed by atoms with Crippen LogP contribution in [0.5, 0.6) is 0 Å². The van der Waals surface area contributed by atoms with Gasteiger partial charge in [0.05, 0.1) is 0 Å². The first-order valence-corrected chi connectivity index (χ1v) is 8.74. The van der Waals surface area contributed by atoms with E-state index in [9.17, 15) is 0 Å². The Bertz CT molecular complexity index is 345. The van der Waals surface area contributed by atoms with Crippen LogP contribution in [0.1, 0.15) is 52.4 Å². The molecule has 3 aliphatic rings. The summed E-state index contributed by atoms with van der Waals surface area (Å²) in [6.45, 7) is 8.23. The molecule has 2 bridgehead atoms. The van der Waals surface area contributed by atoms with Gasteiger partial charge in [0.25, 0.3) is 0 Å². The van der Waals surface area contributed by atoms with Crippen LogP contribution in [0.4, 0.5) is 0 Å². The zero-order valence-corrected chi connectivity index (χ0v) is 13.6. The summed E-state index contributed by atoms with van der Waals surface area (Å²) in [6.07, 6.45) is 8.18. The predicted molar refractivity (Wildman–Crippen MR) is 84.7 cm³/mol. The SMILES string of the molecule is CC1CCC(CN)(N2CCC3CCC(C2)N3C)C(C)C1. The lowest BCUT2D eigenvalue weighted by molar-refractivity contribution is -0.00518. The Balaban J connectivity index is 1.79. The molecule has 3 fully saturated rings. The molecule has 116 valence electrons. The van der Waals surface area contributed by atoms with Crippen molar-refractivity contribution in [1.82, 2.24) is 9.80 Å². The summed E-state index contributed by atoms with van der Waals surface area (Å²) in [5, 5.41) is 0. The molecule has 3 rings (SSSR count). The number of rotatable bonds is 2. The molecule has 0 amide bonds. The van der Waals surface area contributed by atoms with Crippen LogP contribution in [0.3, 0.4) is 0 Å². The quantitative estimate of drug-likeness (QED) is 0.842. The minimum absolute atomic E-state index is 0.290. The fourth-order valence-corrected chi connectivity index (χ4v) is 5.30. The van der Waals surface area contributed by atoms with E-state index in [1.165, 1.54) is 51.6 Å². The summed E-state index contributed by atoms with van der Waals surface area (Å²) in [5.74, 6) is 1.63. The Morgan fingerprint density at radius 3 is 2.55 bits per heavy atom. The van der Waals surface area contributed by atoms with Crippen LogP contribution in [-0.4, -0.2) is 54.1 Å². The third kappa shape index (κ3) is 2.32. The molecule has 0 spiro atoms. The molecule has 5 unspecified atom stereocenters. The Morgan fingerprint density at radius 2 is 1.85 bits per heavy atom. The predicted octanol–water partition coefficient (Wildman–Crippen LogP) is 2.31. The Labute approximate surface area is 124 Å². The van der Waals surface area contributed by atoms with Crippen LogP contribution in [-0.2, 0) is 0 Å². The molecular weight excluding hydrogens is 246 g/mol. The van der Waals surface area contributed by atoms with Crippen molar-refractivity contribution < 1.29 is 0 Å². The van der Waals surface area contributed by atoms with E-state index in [1.54, 1.807) is 0 Å². The monoisotopic (exact) mass is 279 g/mol. The van der Waals surface area contributed by atoms with E-state index in [2.05, 4.69) is 30.7 Å². The lowest BCUT2D eigenvalue weighted by atomic mass is 9.68. The summed E-state index contributed by atoms with van der Waals surface area (Å²) in [6, 6.07) is 1.61. The first kappa shape index (κ1) is 14.8. The third-order valence-corrected chi connectivity index (χ3v) is 6.87. The standard InChI is InChI=1S/C17H33N3/c1-13-6-8-17(12-18,14(2)10-13)20-9-7-15-4-5-16(11-20)19(15)3/h13-16H,4-12,18H2,1-3H3. The van der Waals surface area contributed by atoms with Crippen LogP contribution < -0.4 is 5.73 Å². The number of likely N-dealkylation sites (tertiary alicyclic amines) is 1. The van der Waals surface area contributed by atoms with Gasteiger partial charge in [-0.15, -0.1) is 0 Å². The molecule has 1 aliphatic carbocycles.